The number of hydrogen-bond donors (Lipinski definition) is 2. The van der Waals surface area contributed by atoms with E-state index >= 15 is 0 Å². The maximum Gasteiger partial charge on any atom is 0.353 e. The van der Waals surface area contributed by atoms with E-state index in [9.17, 15) is 22.8 Å². The summed E-state index contributed by atoms with van der Waals surface area (Å²) < 4.78 is 50.2. The lowest BCUT2D eigenvalue weighted by Crippen LogP contribution is -2.42. The summed E-state index contributed by atoms with van der Waals surface area (Å²) >= 11 is 1.54. The molecule has 0 fully saturated rings. The van der Waals surface area contributed by atoms with E-state index in [0.717, 1.165) is 0 Å². The second-order valence-corrected chi connectivity index (χ2v) is 9.98. The Labute approximate surface area is 194 Å². The number of thioether (sulfide) groups is 1. The number of aliphatic carboxylic acids is 1. The first kappa shape index (κ1) is 26.4. The van der Waals surface area contributed by atoms with Crippen molar-refractivity contribution in [1.29, 1.82) is 0 Å². The third kappa shape index (κ3) is 8.20. The predicted octanol–water partition coefficient (Wildman–Crippen LogP) is 5.44. The maximum absolute atomic E-state index is 13.3. The molecule has 2 aromatic carbocycles. The Hall–Kier alpha value is -2.88. The van der Waals surface area contributed by atoms with Crippen molar-refractivity contribution in [3.05, 3.63) is 53.1 Å². The lowest BCUT2D eigenvalue weighted by molar-refractivity contribution is -0.136. The Morgan fingerprint density at radius 3 is 2.30 bits per heavy atom. The molecule has 180 valence electrons. The largest absolute Gasteiger partial charge is 0.493 e. The fourth-order valence-electron chi connectivity index (χ4n) is 2.70. The number of alkyl halides is 3. The minimum atomic E-state index is -3.97. The van der Waals surface area contributed by atoms with Crippen molar-refractivity contribution in [2.24, 2.45) is 0 Å². The highest BCUT2D eigenvalue weighted by Crippen LogP contribution is 2.37. The summed E-state index contributed by atoms with van der Waals surface area (Å²) in [5.74, 6) is -0.772. The zero-order chi connectivity index (χ0) is 24.8. The van der Waals surface area contributed by atoms with Crippen LogP contribution in [-0.2, 0) is 17.0 Å². The van der Waals surface area contributed by atoms with Crippen LogP contribution in [-0.4, -0.2) is 41.6 Å². The third-order valence-corrected chi connectivity index (χ3v) is 5.57. The Morgan fingerprint density at radius 1 is 1.06 bits per heavy atom. The van der Waals surface area contributed by atoms with Gasteiger partial charge in [-0.05, 0) is 35.9 Å². The number of carbonyl (C=O) groups excluding carboxylic acids is 1. The minimum absolute atomic E-state index is 0.0772. The molecule has 0 saturated carbocycles. The SMILES string of the molecule is COc1ccc(CC(=O)O)cc1Oc1ccc(C(=O)NC(F)(F)CF)cc1CSC(C)(C)C. The van der Waals surface area contributed by atoms with Gasteiger partial charge in [-0.25, -0.2) is 4.39 Å². The highest BCUT2D eigenvalue weighted by molar-refractivity contribution is 7.99. The van der Waals surface area contributed by atoms with Crippen LogP contribution in [0.25, 0.3) is 0 Å². The van der Waals surface area contributed by atoms with E-state index in [1.165, 1.54) is 36.7 Å². The second-order valence-electron chi connectivity index (χ2n) is 8.17. The van der Waals surface area contributed by atoms with Gasteiger partial charge >= 0.3 is 12.0 Å². The van der Waals surface area contributed by atoms with E-state index in [1.54, 1.807) is 23.9 Å². The third-order valence-electron chi connectivity index (χ3n) is 4.25. The molecule has 1 amide bonds. The Balaban J connectivity index is 2.43. The first-order valence-corrected chi connectivity index (χ1v) is 10.9. The average Bonchev–Trinajstić information content (AvgIpc) is 2.72. The van der Waals surface area contributed by atoms with E-state index < -0.39 is 24.6 Å². The molecule has 0 bridgehead atoms. The number of carboxylic acid groups (broad SMARTS) is 1. The second kappa shape index (κ2) is 10.8. The molecule has 0 unspecified atom stereocenters. The van der Waals surface area contributed by atoms with E-state index in [-0.39, 0.29) is 22.5 Å². The molecule has 0 heterocycles. The van der Waals surface area contributed by atoms with Crippen molar-refractivity contribution in [3.8, 4) is 17.2 Å². The number of carboxylic acids is 1. The minimum Gasteiger partial charge on any atom is -0.493 e. The summed E-state index contributed by atoms with van der Waals surface area (Å²) in [7, 11) is 1.44. The van der Waals surface area contributed by atoms with Gasteiger partial charge in [0.1, 0.15) is 5.75 Å². The number of hydrogen-bond acceptors (Lipinski definition) is 5. The van der Waals surface area contributed by atoms with Gasteiger partial charge in [0.05, 0.1) is 13.5 Å². The fourth-order valence-corrected chi connectivity index (χ4v) is 3.52. The summed E-state index contributed by atoms with van der Waals surface area (Å²) in [6, 6.07) is 4.90. The van der Waals surface area contributed by atoms with E-state index in [4.69, 9.17) is 14.6 Å². The van der Waals surface area contributed by atoms with E-state index in [1.807, 2.05) is 20.8 Å². The molecule has 0 aromatic heterocycles. The van der Waals surface area contributed by atoms with Crippen LogP contribution in [0.1, 0.15) is 42.3 Å². The Morgan fingerprint density at radius 2 is 1.73 bits per heavy atom. The van der Waals surface area contributed by atoms with Crippen LogP contribution in [0.4, 0.5) is 13.2 Å². The smallest absolute Gasteiger partial charge is 0.353 e. The Kier molecular flexibility index (Phi) is 8.65. The molecule has 2 N–H and O–H groups in total. The first-order valence-electron chi connectivity index (χ1n) is 9.93. The van der Waals surface area contributed by atoms with Crippen molar-refractivity contribution in [2.75, 3.05) is 13.8 Å². The van der Waals surface area contributed by atoms with Gasteiger partial charge in [0, 0.05) is 21.6 Å². The molecule has 0 spiro atoms. The maximum atomic E-state index is 13.3. The highest BCUT2D eigenvalue weighted by Gasteiger charge is 2.31. The van der Waals surface area contributed by atoms with Crippen LogP contribution in [0.2, 0.25) is 0 Å². The molecule has 0 atom stereocenters. The van der Waals surface area contributed by atoms with Crippen LogP contribution >= 0.6 is 11.8 Å². The highest BCUT2D eigenvalue weighted by atomic mass is 32.2. The van der Waals surface area contributed by atoms with Crippen molar-refractivity contribution in [1.82, 2.24) is 5.32 Å². The lowest BCUT2D eigenvalue weighted by Gasteiger charge is -2.20. The van der Waals surface area contributed by atoms with Crippen LogP contribution in [0.15, 0.2) is 36.4 Å². The summed E-state index contributed by atoms with van der Waals surface area (Å²) in [6.07, 6.45) is -0.213. The van der Waals surface area contributed by atoms with Crippen molar-refractivity contribution >= 4 is 23.6 Å². The van der Waals surface area contributed by atoms with Crippen LogP contribution in [0, 0.1) is 0 Å². The molecule has 0 aliphatic carbocycles. The number of halogens is 3. The predicted molar refractivity (Wildman–Crippen MR) is 120 cm³/mol. The molecule has 2 rings (SSSR count). The topological polar surface area (TPSA) is 84.9 Å². The lowest BCUT2D eigenvalue weighted by atomic mass is 10.1. The molecule has 10 heteroatoms. The zero-order valence-corrected chi connectivity index (χ0v) is 19.5. The van der Waals surface area contributed by atoms with E-state index in [0.29, 0.717) is 28.4 Å². The average molecular weight is 486 g/mol. The number of methoxy groups -OCH3 is 1. The molecular weight excluding hydrogens is 459 g/mol. The van der Waals surface area contributed by atoms with Gasteiger partial charge in [-0.1, -0.05) is 26.8 Å². The van der Waals surface area contributed by atoms with Crippen molar-refractivity contribution < 1.29 is 37.3 Å². The number of carbonyl (C=O) groups is 2. The molecule has 6 nitrogen and oxygen atoms in total. The molecular formula is C23H26F3NO5S. The number of benzene rings is 2. The van der Waals surface area contributed by atoms with Crippen LogP contribution < -0.4 is 14.8 Å². The quantitative estimate of drug-likeness (QED) is 0.436. The van der Waals surface area contributed by atoms with Gasteiger partial charge in [0.2, 0.25) is 0 Å². The summed E-state index contributed by atoms with van der Waals surface area (Å²) in [4.78, 5) is 23.3. The monoisotopic (exact) mass is 485 g/mol. The summed E-state index contributed by atoms with van der Waals surface area (Å²) in [5.41, 5.74) is 0.955. The van der Waals surface area contributed by atoms with Crippen molar-refractivity contribution in [3.63, 3.8) is 0 Å². The first-order chi connectivity index (χ1) is 15.3. The molecule has 2 aromatic rings. The molecule has 33 heavy (non-hydrogen) atoms. The molecule has 0 radical (unpaired) electrons. The zero-order valence-electron chi connectivity index (χ0n) is 18.7. The summed E-state index contributed by atoms with van der Waals surface area (Å²) in [5, 5.41) is 10.4. The number of ether oxygens (including phenoxy) is 2. The molecule has 0 saturated heterocycles. The van der Waals surface area contributed by atoms with Crippen LogP contribution in [0.5, 0.6) is 17.2 Å². The van der Waals surface area contributed by atoms with Crippen LogP contribution in [0.3, 0.4) is 0 Å². The van der Waals surface area contributed by atoms with Gasteiger partial charge in [0.25, 0.3) is 5.91 Å². The number of rotatable bonds is 10. The number of amides is 1. The van der Waals surface area contributed by atoms with Crippen molar-refractivity contribution in [2.45, 2.75) is 43.7 Å². The van der Waals surface area contributed by atoms with Gasteiger partial charge in [0.15, 0.2) is 18.2 Å². The van der Waals surface area contributed by atoms with Gasteiger partial charge in [-0.2, -0.15) is 20.5 Å². The van der Waals surface area contributed by atoms with Gasteiger partial charge < -0.3 is 14.6 Å². The molecule has 0 aliphatic rings. The van der Waals surface area contributed by atoms with Gasteiger partial charge in [-0.3, -0.25) is 14.9 Å². The Bertz CT molecular complexity index is 1010. The normalized spacial score (nSPS) is 11.7. The van der Waals surface area contributed by atoms with E-state index in [2.05, 4.69) is 0 Å². The number of nitrogens with one attached hydrogen (secondary N) is 1. The fraction of sp³-hybridized carbons (Fsp3) is 0.391. The summed E-state index contributed by atoms with van der Waals surface area (Å²) in [6.45, 7) is 3.97. The standard InChI is InChI=1S/C23H26F3NO5S/c1-22(2,3)33-12-16-11-15(21(30)27-23(25,26)13-24)6-8-17(16)32-19-9-14(10-20(28)29)5-7-18(19)31-4/h5-9,11H,10,12-13H2,1-4H3,(H,27,30)(H,28,29). The van der Waals surface area contributed by atoms with Gasteiger partial charge in [-0.15, -0.1) is 0 Å². The molecule has 0 aliphatic heterocycles.